The van der Waals surface area contributed by atoms with Gasteiger partial charge in [-0.1, -0.05) is 11.6 Å². The van der Waals surface area contributed by atoms with Crippen LogP contribution in [0.1, 0.15) is 28.4 Å². The third kappa shape index (κ3) is 4.01. The third-order valence-corrected chi connectivity index (χ3v) is 3.80. The highest BCUT2D eigenvalue weighted by Crippen LogP contribution is 2.34. The smallest absolute Gasteiger partial charge is 0.311 e. The molecule has 2 aromatic heterocycles. The maximum atomic E-state index is 11.3. The molecular weight excluding hydrogens is 320 g/mol. The van der Waals surface area contributed by atoms with Crippen molar-refractivity contribution in [1.82, 2.24) is 9.97 Å². The van der Waals surface area contributed by atoms with Crippen molar-refractivity contribution in [2.45, 2.75) is 26.5 Å². The van der Waals surface area contributed by atoms with Crippen LogP contribution in [0.3, 0.4) is 0 Å². The molecule has 2 rings (SSSR count). The summed E-state index contributed by atoms with van der Waals surface area (Å²) in [6, 6.07) is 2.98. The van der Waals surface area contributed by atoms with Gasteiger partial charge in [0, 0.05) is 18.1 Å². The highest BCUT2D eigenvalue weighted by atomic mass is 35.5. The average molecular weight is 337 g/mol. The lowest BCUT2D eigenvalue weighted by atomic mass is 10.00. The maximum absolute atomic E-state index is 11.3. The predicted octanol–water partition coefficient (Wildman–Crippen LogP) is 2.87. The Kier molecular flexibility index (Phi) is 5.59. The van der Waals surface area contributed by atoms with E-state index in [-0.39, 0.29) is 17.4 Å². The molecule has 0 fully saturated rings. The van der Waals surface area contributed by atoms with E-state index in [4.69, 9.17) is 22.1 Å². The monoisotopic (exact) mass is 336 g/mol. The van der Waals surface area contributed by atoms with E-state index < -0.39 is 11.0 Å². The van der Waals surface area contributed by atoms with Gasteiger partial charge in [0.15, 0.2) is 0 Å². The molecule has 7 nitrogen and oxygen atoms in total. The van der Waals surface area contributed by atoms with Crippen molar-refractivity contribution in [3.63, 3.8) is 0 Å². The first-order valence-corrected chi connectivity index (χ1v) is 7.32. The van der Waals surface area contributed by atoms with E-state index >= 15 is 0 Å². The van der Waals surface area contributed by atoms with Crippen molar-refractivity contribution >= 4 is 17.3 Å². The molecule has 23 heavy (non-hydrogen) atoms. The summed E-state index contributed by atoms with van der Waals surface area (Å²) in [5.41, 5.74) is 8.43. The molecule has 0 aliphatic carbocycles. The van der Waals surface area contributed by atoms with E-state index in [0.717, 1.165) is 5.56 Å². The summed E-state index contributed by atoms with van der Waals surface area (Å²) in [5, 5.41) is 11.1. The van der Waals surface area contributed by atoms with Crippen LogP contribution < -0.4 is 5.73 Å². The van der Waals surface area contributed by atoms with E-state index in [0.29, 0.717) is 23.4 Å². The van der Waals surface area contributed by atoms with Crippen LogP contribution in [0.2, 0.25) is 5.15 Å². The van der Waals surface area contributed by atoms with Gasteiger partial charge in [-0.05, 0) is 37.1 Å². The lowest BCUT2D eigenvalue weighted by Gasteiger charge is -2.17. The standard InChI is InChI=1S/C15H17ClN4O3/c1-9-10(2)19-15(16)14(20(21)22)13(9)12(17)8-23-7-11-3-5-18-6-4-11/h3-6,12H,7-8,17H2,1-2H3. The summed E-state index contributed by atoms with van der Waals surface area (Å²) in [6.07, 6.45) is 3.33. The Balaban J connectivity index is 2.18. The van der Waals surface area contributed by atoms with Crippen LogP contribution in [-0.4, -0.2) is 21.5 Å². The summed E-state index contributed by atoms with van der Waals surface area (Å²) >= 11 is 5.92. The molecular formula is C15H17ClN4O3. The van der Waals surface area contributed by atoms with Gasteiger partial charge in [-0.2, -0.15) is 0 Å². The van der Waals surface area contributed by atoms with Crippen molar-refractivity contribution < 1.29 is 9.66 Å². The first kappa shape index (κ1) is 17.3. The molecule has 0 aliphatic heterocycles. The topological polar surface area (TPSA) is 104 Å². The van der Waals surface area contributed by atoms with E-state index in [9.17, 15) is 10.1 Å². The first-order chi connectivity index (χ1) is 10.9. The number of hydrogen-bond acceptors (Lipinski definition) is 6. The summed E-state index contributed by atoms with van der Waals surface area (Å²) in [5.74, 6) is 0. The van der Waals surface area contributed by atoms with Crippen molar-refractivity contribution in [2.24, 2.45) is 5.73 Å². The van der Waals surface area contributed by atoms with Gasteiger partial charge in [-0.25, -0.2) is 4.98 Å². The lowest BCUT2D eigenvalue weighted by Crippen LogP contribution is -2.21. The fourth-order valence-electron chi connectivity index (χ4n) is 2.26. The molecule has 122 valence electrons. The van der Waals surface area contributed by atoms with Crippen molar-refractivity contribution in [1.29, 1.82) is 0 Å². The Hall–Kier alpha value is -2.09. The molecule has 1 atom stereocenters. The van der Waals surface area contributed by atoms with Gasteiger partial charge in [0.2, 0.25) is 5.15 Å². The van der Waals surface area contributed by atoms with E-state index in [2.05, 4.69) is 9.97 Å². The quantitative estimate of drug-likeness (QED) is 0.494. The normalized spacial score (nSPS) is 12.2. The van der Waals surface area contributed by atoms with E-state index in [1.807, 2.05) is 12.1 Å². The maximum Gasteiger partial charge on any atom is 0.311 e. The van der Waals surface area contributed by atoms with Gasteiger partial charge >= 0.3 is 5.69 Å². The zero-order valence-corrected chi connectivity index (χ0v) is 13.6. The second-order valence-electron chi connectivity index (χ2n) is 5.11. The summed E-state index contributed by atoms with van der Waals surface area (Å²) in [7, 11) is 0. The molecule has 8 heteroatoms. The molecule has 0 bridgehead atoms. The number of rotatable bonds is 6. The van der Waals surface area contributed by atoms with Crippen LogP contribution >= 0.6 is 11.6 Å². The average Bonchev–Trinajstić information content (AvgIpc) is 2.51. The summed E-state index contributed by atoms with van der Waals surface area (Å²) < 4.78 is 5.57. The molecule has 0 spiro atoms. The zero-order valence-electron chi connectivity index (χ0n) is 12.8. The minimum absolute atomic E-state index is 0.129. The number of ether oxygens (including phenoxy) is 1. The van der Waals surface area contributed by atoms with Crippen molar-refractivity contribution in [3.8, 4) is 0 Å². The van der Waals surface area contributed by atoms with Gasteiger partial charge < -0.3 is 10.5 Å². The van der Waals surface area contributed by atoms with Crippen LogP contribution in [0.25, 0.3) is 0 Å². The fourth-order valence-corrected chi connectivity index (χ4v) is 2.56. The Morgan fingerprint density at radius 3 is 2.65 bits per heavy atom. The van der Waals surface area contributed by atoms with Crippen LogP contribution in [0.4, 0.5) is 5.69 Å². The number of aryl methyl sites for hydroxylation is 1. The molecule has 2 N–H and O–H groups in total. The number of halogens is 1. The van der Waals surface area contributed by atoms with Crippen LogP contribution in [0.5, 0.6) is 0 Å². The zero-order chi connectivity index (χ0) is 17.0. The third-order valence-electron chi connectivity index (χ3n) is 3.53. The molecule has 0 amide bonds. The van der Waals surface area contributed by atoms with Gasteiger partial charge in [0.25, 0.3) is 0 Å². The molecule has 0 saturated heterocycles. The number of pyridine rings is 2. The fraction of sp³-hybridized carbons (Fsp3) is 0.333. The second-order valence-corrected chi connectivity index (χ2v) is 5.47. The van der Waals surface area contributed by atoms with Crippen molar-refractivity contribution in [3.05, 3.63) is 62.2 Å². The van der Waals surface area contributed by atoms with Gasteiger partial charge in [-0.15, -0.1) is 0 Å². The molecule has 0 aromatic carbocycles. The predicted molar refractivity (Wildman–Crippen MR) is 86.2 cm³/mol. The number of aromatic nitrogens is 2. The number of nitro groups is 1. The summed E-state index contributed by atoms with van der Waals surface area (Å²) in [6.45, 7) is 3.95. The second kappa shape index (κ2) is 7.45. The van der Waals surface area contributed by atoms with Crippen LogP contribution in [-0.2, 0) is 11.3 Å². The van der Waals surface area contributed by atoms with Gasteiger partial charge in [0.1, 0.15) is 0 Å². The Bertz CT molecular complexity index is 710. The molecule has 0 radical (unpaired) electrons. The number of nitrogens with two attached hydrogens (primary N) is 1. The molecule has 2 aromatic rings. The Morgan fingerprint density at radius 1 is 1.39 bits per heavy atom. The minimum Gasteiger partial charge on any atom is -0.375 e. The van der Waals surface area contributed by atoms with Gasteiger partial charge in [-0.3, -0.25) is 15.1 Å². The number of nitrogens with zero attached hydrogens (tertiary/aromatic N) is 3. The number of hydrogen-bond donors (Lipinski definition) is 1. The lowest BCUT2D eigenvalue weighted by molar-refractivity contribution is -0.386. The van der Waals surface area contributed by atoms with E-state index in [1.165, 1.54) is 0 Å². The Morgan fingerprint density at radius 2 is 2.04 bits per heavy atom. The van der Waals surface area contributed by atoms with E-state index in [1.54, 1.807) is 26.2 Å². The van der Waals surface area contributed by atoms with Crippen molar-refractivity contribution in [2.75, 3.05) is 6.61 Å². The van der Waals surface area contributed by atoms with Crippen LogP contribution in [0.15, 0.2) is 24.5 Å². The molecule has 2 heterocycles. The highest BCUT2D eigenvalue weighted by Gasteiger charge is 2.28. The molecule has 0 saturated carbocycles. The molecule has 1 unspecified atom stereocenters. The largest absolute Gasteiger partial charge is 0.375 e. The highest BCUT2D eigenvalue weighted by molar-refractivity contribution is 6.31. The molecule has 0 aliphatic rings. The first-order valence-electron chi connectivity index (χ1n) is 6.95. The summed E-state index contributed by atoms with van der Waals surface area (Å²) in [4.78, 5) is 18.6. The Labute approximate surface area is 138 Å². The minimum atomic E-state index is -0.670. The van der Waals surface area contributed by atoms with Gasteiger partial charge in [0.05, 0.1) is 29.7 Å². The van der Waals surface area contributed by atoms with Crippen LogP contribution in [0, 0.1) is 24.0 Å². The SMILES string of the molecule is Cc1nc(Cl)c([N+](=O)[O-])c(C(N)COCc2ccncc2)c1C.